The van der Waals surface area contributed by atoms with Gasteiger partial charge in [0.05, 0.1) is 0 Å². The molecule has 0 aliphatic heterocycles. The van der Waals surface area contributed by atoms with Gasteiger partial charge >= 0.3 is 0 Å². The molecule has 3 aromatic rings. The van der Waals surface area contributed by atoms with Gasteiger partial charge in [-0.15, -0.1) is 0 Å². The third-order valence-electron chi connectivity index (χ3n) is 4.51. The van der Waals surface area contributed by atoms with Crippen molar-refractivity contribution >= 4 is 11.4 Å². The van der Waals surface area contributed by atoms with Crippen molar-refractivity contribution in [3.63, 3.8) is 0 Å². The summed E-state index contributed by atoms with van der Waals surface area (Å²) in [6, 6.07) is 24.3. The maximum Gasteiger partial charge on any atom is 0.0361 e. The van der Waals surface area contributed by atoms with E-state index >= 15 is 0 Å². The molecule has 0 N–H and O–H groups in total. The monoisotopic (exact) mass is 419 g/mol. The molecule has 131 valence electrons. The summed E-state index contributed by atoms with van der Waals surface area (Å²) < 4.78 is 0. The van der Waals surface area contributed by atoms with Crippen LogP contribution in [-0.2, 0) is 32.7 Å². The topological polar surface area (TPSA) is 6.48 Å². The Labute approximate surface area is 182 Å². The molecule has 0 atom stereocenters. The summed E-state index contributed by atoms with van der Waals surface area (Å²) in [4.78, 5) is 4.25. The zero-order chi connectivity index (χ0) is 18.0. The number of benzene rings is 3. The second-order valence-electron chi connectivity index (χ2n) is 6.97. The number of hydrogen-bond donors (Lipinski definition) is 0. The van der Waals surface area contributed by atoms with Gasteiger partial charge in [0, 0.05) is 72.3 Å². The van der Waals surface area contributed by atoms with Crippen LogP contribution in [0, 0.1) is 6.92 Å². The fourth-order valence-corrected chi connectivity index (χ4v) is 3.02. The minimum absolute atomic E-state index is 0. The molecule has 3 aromatic carbocycles. The summed E-state index contributed by atoms with van der Waals surface area (Å²) in [5.41, 5.74) is 8.74. The first kappa shape index (κ1) is 20.7. The van der Waals surface area contributed by atoms with Gasteiger partial charge in [-0.05, 0) is 65.1 Å². The molecule has 0 amide bonds. The number of rotatable bonds is 4. The Morgan fingerprint density at radius 1 is 0.500 bits per heavy atom. The first-order chi connectivity index (χ1) is 11.9. The van der Waals surface area contributed by atoms with E-state index in [1.165, 1.54) is 39.2 Å². The minimum atomic E-state index is 0. The first-order valence-electron chi connectivity index (χ1n) is 8.61. The molecule has 0 saturated heterocycles. The van der Waals surface area contributed by atoms with E-state index < -0.39 is 0 Å². The van der Waals surface area contributed by atoms with Crippen LogP contribution in [0.3, 0.4) is 0 Å². The first-order valence-corrected chi connectivity index (χ1v) is 8.61. The minimum Gasteiger partial charge on any atom is -0.378 e. The summed E-state index contributed by atoms with van der Waals surface area (Å²) >= 11 is 0. The Bertz CT molecular complexity index is 781. The van der Waals surface area contributed by atoms with Crippen molar-refractivity contribution in [2.45, 2.75) is 6.92 Å². The van der Waals surface area contributed by atoms with Crippen LogP contribution in [0.15, 0.2) is 66.7 Å². The normalized spacial score (nSPS) is 10.2. The molecule has 0 heterocycles. The van der Waals surface area contributed by atoms with E-state index in [-0.39, 0.29) is 32.7 Å². The summed E-state index contributed by atoms with van der Waals surface area (Å²) in [7, 11) is 8.27. The maximum atomic E-state index is 2.28. The third kappa shape index (κ3) is 4.75. The Balaban J connectivity index is 0.00000243. The van der Waals surface area contributed by atoms with Crippen LogP contribution in [0.2, 0.25) is 0 Å². The van der Waals surface area contributed by atoms with E-state index in [0.717, 1.165) is 0 Å². The van der Waals surface area contributed by atoms with E-state index in [4.69, 9.17) is 0 Å². The van der Waals surface area contributed by atoms with Gasteiger partial charge in [-0.3, -0.25) is 0 Å². The molecule has 0 saturated carbocycles. The van der Waals surface area contributed by atoms with Crippen LogP contribution >= 0.6 is 0 Å². The Morgan fingerprint density at radius 2 is 0.846 bits per heavy atom. The van der Waals surface area contributed by atoms with Crippen LogP contribution in [0.1, 0.15) is 5.56 Å². The smallest absolute Gasteiger partial charge is 0.0361 e. The van der Waals surface area contributed by atoms with Crippen LogP contribution in [0.5, 0.6) is 0 Å². The summed E-state index contributed by atoms with van der Waals surface area (Å²) in [5.74, 6) is 0. The van der Waals surface area contributed by atoms with Crippen molar-refractivity contribution in [3.8, 4) is 22.3 Å². The summed E-state index contributed by atoms with van der Waals surface area (Å²) in [6.07, 6.45) is 0. The van der Waals surface area contributed by atoms with Gasteiger partial charge in [0.2, 0.25) is 0 Å². The van der Waals surface area contributed by atoms with Gasteiger partial charge in [-0.2, -0.15) is 0 Å². The molecular weight excluding hydrogens is 393 g/mol. The predicted octanol–water partition coefficient (Wildman–Crippen LogP) is 5.46. The third-order valence-corrected chi connectivity index (χ3v) is 4.51. The molecule has 0 spiro atoms. The standard InChI is InChI=1S/C23H26N2.Y/c1-17-14-20(18-6-10-22(11-7-18)24(2)3)16-21(15-17)19-8-12-23(13-9-19)25(4)5;/h6-16H,1-5H3;. The average molecular weight is 419 g/mol. The zero-order valence-corrected chi connectivity index (χ0v) is 19.2. The molecule has 3 heteroatoms. The zero-order valence-electron chi connectivity index (χ0n) is 16.3. The second kappa shape index (κ2) is 8.84. The van der Waals surface area contributed by atoms with E-state index in [2.05, 4.69) is 112 Å². The van der Waals surface area contributed by atoms with Gasteiger partial charge in [0.25, 0.3) is 0 Å². The van der Waals surface area contributed by atoms with Crippen molar-refractivity contribution in [1.82, 2.24) is 0 Å². The van der Waals surface area contributed by atoms with Crippen LogP contribution < -0.4 is 9.80 Å². The van der Waals surface area contributed by atoms with E-state index in [0.29, 0.717) is 0 Å². The molecule has 3 rings (SSSR count). The molecule has 0 aliphatic carbocycles. The summed E-state index contributed by atoms with van der Waals surface area (Å²) in [6.45, 7) is 2.16. The molecule has 1 radical (unpaired) electrons. The molecule has 0 fully saturated rings. The quantitative estimate of drug-likeness (QED) is 0.554. The fourth-order valence-electron chi connectivity index (χ4n) is 3.02. The van der Waals surface area contributed by atoms with Crippen LogP contribution in [0.25, 0.3) is 22.3 Å². The summed E-state index contributed by atoms with van der Waals surface area (Å²) in [5, 5.41) is 0. The van der Waals surface area contributed by atoms with Crippen LogP contribution in [-0.4, -0.2) is 28.2 Å². The SMILES string of the molecule is Cc1cc(-c2ccc(N(C)C)cc2)cc(-c2ccc(N(C)C)cc2)c1.[Y]. The molecule has 0 bridgehead atoms. The number of nitrogens with zero attached hydrogens (tertiary/aromatic N) is 2. The van der Waals surface area contributed by atoms with Gasteiger partial charge in [-0.1, -0.05) is 36.4 Å². The molecule has 2 nitrogen and oxygen atoms in total. The molecular formula is C23H26N2Y. The van der Waals surface area contributed by atoms with Crippen molar-refractivity contribution in [2.75, 3.05) is 38.0 Å². The van der Waals surface area contributed by atoms with Gasteiger partial charge in [-0.25, -0.2) is 0 Å². The van der Waals surface area contributed by atoms with Gasteiger partial charge < -0.3 is 9.80 Å². The van der Waals surface area contributed by atoms with Crippen LogP contribution in [0.4, 0.5) is 11.4 Å². The maximum absolute atomic E-state index is 2.28. The number of hydrogen-bond acceptors (Lipinski definition) is 2. The Hall–Kier alpha value is -1.64. The largest absolute Gasteiger partial charge is 0.378 e. The predicted molar refractivity (Wildman–Crippen MR) is 111 cm³/mol. The van der Waals surface area contributed by atoms with E-state index in [1.807, 2.05) is 0 Å². The number of anilines is 2. The van der Waals surface area contributed by atoms with E-state index in [9.17, 15) is 0 Å². The van der Waals surface area contributed by atoms with Gasteiger partial charge in [0.15, 0.2) is 0 Å². The van der Waals surface area contributed by atoms with Crippen molar-refractivity contribution in [3.05, 3.63) is 72.3 Å². The van der Waals surface area contributed by atoms with Gasteiger partial charge in [0.1, 0.15) is 0 Å². The molecule has 0 unspecified atom stereocenters. The van der Waals surface area contributed by atoms with Crippen molar-refractivity contribution in [1.29, 1.82) is 0 Å². The molecule has 26 heavy (non-hydrogen) atoms. The van der Waals surface area contributed by atoms with Crippen molar-refractivity contribution in [2.24, 2.45) is 0 Å². The Morgan fingerprint density at radius 3 is 1.15 bits per heavy atom. The molecule has 0 aliphatic rings. The molecule has 0 aromatic heterocycles. The number of aryl methyl sites for hydroxylation is 1. The Kier molecular flexibility index (Phi) is 7.03. The fraction of sp³-hybridized carbons (Fsp3) is 0.217. The average Bonchev–Trinajstić information content (AvgIpc) is 2.61. The van der Waals surface area contributed by atoms with Crippen molar-refractivity contribution < 1.29 is 32.7 Å². The van der Waals surface area contributed by atoms with E-state index in [1.54, 1.807) is 0 Å². The second-order valence-corrected chi connectivity index (χ2v) is 6.97.